The van der Waals surface area contributed by atoms with E-state index in [1.54, 1.807) is 0 Å². The van der Waals surface area contributed by atoms with Crippen molar-refractivity contribution < 1.29 is 0 Å². The minimum Gasteiger partial charge on any atom is -0.364 e. The van der Waals surface area contributed by atoms with Crippen LogP contribution < -0.4 is 5.32 Å². The number of anilines is 1. The molecule has 0 saturated carbocycles. The highest BCUT2D eigenvalue weighted by molar-refractivity contribution is 9.10. The summed E-state index contributed by atoms with van der Waals surface area (Å²) < 4.78 is 1.38. The van der Waals surface area contributed by atoms with Crippen molar-refractivity contribution in [2.45, 2.75) is 31.6 Å². The topological polar surface area (TPSA) is 24.9 Å². The lowest BCUT2D eigenvalue weighted by Crippen LogP contribution is -2.50. The average molecular weight is 287 g/mol. The number of rotatable bonds is 2. The zero-order valence-electron chi connectivity index (χ0n) is 9.17. The first kappa shape index (κ1) is 11.3. The second-order valence-corrected chi connectivity index (χ2v) is 6.98. The molecule has 0 bridgehead atoms. The molecule has 0 amide bonds. The standard InChI is InChI=1S/C11H15BrN2S/c1-7-4-8(12)10(13-5-7)14-9-6-15-11(9,2)3/h4-5,9H,6H2,1-3H3,(H,13,14). The number of hydrogen-bond acceptors (Lipinski definition) is 3. The van der Waals surface area contributed by atoms with Gasteiger partial charge in [0.15, 0.2) is 0 Å². The summed E-state index contributed by atoms with van der Waals surface area (Å²) in [6.07, 6.45) is 1.89. The van der Waals surface area contributed by atoms with E-state index >= 15 is 0 Å². The third kappa shape index (κ3) is 2.31. The van der Waals surface area contributed by atoms with Crippen molar-refractivity contribution in [3.05, 3.63) is 22.3 Å². The maximum absolute atomic E-state index is 4.40. The summed E-state index contributed by atoms with van der Waals surface area (Å²) >= 11 is 5.53. The first-order valence-corrected chi connectivity index (χ1v) is 6.79. The summed E-state index contributed by atoms with van der Waals surface area (Å²) in [4.78, 5) is 4.40. The molecule has 1 aliphatic rings. The van der Waals surface area contributed by atoms with Gasteiger partial charge in [0.25, 0.3) is 0 Å². The van der Waals surface area contributed by atoms with E-state index in [0.717, 1.165) is 16.0 Å². The number of hydrogen-bond donors (Lipinski definition) is 1. The summed E-state index contributed by atoms with van der Waals surface area (Å²) in [6, 6.07) is 2.61. The number of nitrogens with zero attached hydrogens (tertiary/aromatic N) is 1. The fraction of sp³-hybridized carbons (Fsp3) is 0.545. The molecule has 1 saturated heterocycles. The summed E-state index contributed by atoms with van der Waals surface area (Å²) in [5.74, 6) is 2.12. The van der Waals surface area contributed by atoms with Crippen LogP contribution in [0.25, 0.3) is 0 Å². The van der Waals surface area contributed by atoms with E-state index in [1.807, 2.05) is 24.9 Å². The molecular formula is C11H15BrN2S. The lowest BCUT2D eigenvalue weighted by molar-refractivity contribution is 0.574. The van der Waals surface area contributed by atoms with Gasteiger partial charge in [0, 0.05) is 16.7 Å². The van der Waals surface area contributed by atoms with Gasteiger partial charge in [-0.25, -0.2) is 4.98 Å². The third-order valence-electron chi connectivity index (χ3n) is 2.75. The molecule has 1 unspecified atom stereocenters. The van der Waals surface area contributed by atoms with Gasteiger partial charge in [0.1, 0.15) is 5.82 Å². The molecule has 0 aromatic carbocycles. The molecule has 1 atom stereocenters. The van der Waals surface area contributed by atoms with Crippen LogP contribution in [-0.4, -0.2) is 21.5 Å². The number of nitrogens with one attached hydrogen (secondary N) is 1. The van der Waals surface area contributed by atoms with Crippen LogP contribution in [0.5, 0.6) is 0 Å². The zero-order valence-corrected chi connectivity index (χ0v) is 11.6. The molecule has 2 rings (SSSR count). The van der Waals surface area contributed by atoms with Gasteiger partial charge in [-0.1, -0.05) is 0 Å². The van der Waals surface area contributed by atoms with Crippen molar-refractivity contribution >= 4 is 33.5 Å². The van der Waals surface area contributed by atoms with Crippen LogP contribution in [0.2, 0.25) is 0 Å². The highest BCUT2D eigenvalue weighted by Gasteiger charge is 2.39. The molecule has 0 spiro atoms. The van der Waals surface area contributed by atoms with E-state index in [0.29, 0.717) is 10.8 Å². The Kier molecular flexibility index (Phi) is 2.99. The minimum absolute atomic E-state index is 0.325. The average Bonchev–Trinajstić information content (AvgIpc) is 2.15. The quantitative estimate of drug-likeness (QED) is 0.901. The summed E-state index contributed by atoms with van der Waals surface area (Å²) in [5.41, 5.74) is 1.18. The summed E-state index contributed by atoms with van der Waals surface area (Å²) in [5, 5.41) is 3.49. The van der Waals surface area contributed by atoms with Crippen LogP contribution in [0, 0.1) is 6.92 Å². The number of pyridine rings is 1. The normalized spacial score (nSPS) is 23.3. The Labute approximate surface area is 103 Å². The van der Waals surface area contributed by atoms with E-state index in [1.165, 1.54) is 5.56 Å². The second kappa shape index (κ2) is 3.98. The Hall–Kier alpha value is -0.220. The number of halogens is 1. The van der Waals surface area contributed by atoms with E-state index < -0.39 is 0 Å². The second-order valence-electron chi connectivity index (χ2n) is 4.45. The number of aromatic nitrogens is 1. The van der Waals surface area contributed by atoms with E-state index in [9.17, 15) is 0 Å². The predicted molar refractivity (Wildman–Crippen MR) is 70.6 cm³/mol. The first-order valence-electron chi connectivity index (χ1n) is 5.02. The van der Waals surface area contributed by atoms with Crippen molar-refractivity contribution in [1.82, 2.24) is 4.98 Å². The van der Waals surface area contributed by atoms with Crippen molar-refractivity contribution in [3.63, 3.8) is 0 Å². The summed E-state index contributed by atoms with van der Waals surface area (Å²) in [6.45, 7) is 6.58. The molecule has 2 nitrogen and oxygen atoms in total. The van der Waals surface area contributed by atoms with Gasteiger partial charge in [0.2, 0.25) is 0 Å². The van der Waals surface area contributed by atoms with Crippen molar-refractivity contribution in [3.8, 4) is 0 Å². The molecule has 1 fully saturated rings. The van der Waals surface area contributed by atoms with Crippen LogP contribution in [0.15, 0.2) is 16.7 Å². The molecule has 82 valence electrons. The Morgan fingerprint density at radius 1 is 1.60 bits per heavy atom. The van der Waals surface area contributed by atoms with Crippen molar-refractivity contribution in [2.24, 2.45) is 0 Å². The van der Waals surface area contributed by atoms with Crippen molar-refractivity contribution in [2.75, 3.05) is 11.1 Å². The maximum Gasteiger partial charge on any atom is 0.140 e. The largest absolute Gasteiger partial charge is 0.364 e. The number of thioether (sulfide) groups is 1. The molecule has 0 radical (unpaired) electrons. The zero-order chi connectivity index (χ0) is 11.1. The monoisotopic (exact) mass is 286 g/mol. The maximum atomic E-state index is 4.40. The Morgan fingerprint density at radius 2 is 2.33 bits per heavy atom. The van der Waals surface area contributed by atoms with Crippen LogP contribution in [0.3, 0.4) is 0 Å². The lowest BCUT2D eigenvalue weighted by atomic mass is 10.0. The molecule has 1 aromatic heterocycles. The van der Waals surface area contributed by atoms with E-state index in [4.69, 9.17) is 0 Å². The first-order chi connectivity index (χ1) is 6.99. The van der Waals surface area contributed by atoms with E-state index in [-0.39, 0.29) is 0 Å². The third-order valence-corrected chi connectivity index (χ3v) is 4.88. The van der Waals surface area contributed by atoms with Gasteiger partial charge in [-0.2, -0.15) is 11.8 Å². The minimum atomic E-state index is 0.325. The lowest BCUT2D eigenvalue weighted by Gasteiger charge is -2.44. The van der Waals surface area contributed by atoms with Crippen LogP contribution in [-0.2, 0) is 0 Å². The van der Waals surface area contributed by atoms with Gasteiger partial charge in [0.05, 0.1) is 10.5 Å². The molecular weight excluding hydrogens is 272 g/mol. The van der Waals surface area contributed by atoms with E-state index in [2.05, 4.69) is 46.1 Å². The van der Waals surface area contributed by atoms with Crippen LogP contribution in [0.4, 0.5) is 5.82 Å². The fourth-order valence-corrected chi connectivity index (χ4v) is 3.24. The Morgan fingerprint density at radius 3 is 2.80 bits per heavy atom. The van der Waals surface area contributed by atoms with Gasteiger partial charge < -0.3 is 5.32 Å². The number of aryl methyl sites for hydroxylation is 1. The van der Waals surface area contributed by atoms with Crippen LogP contribution >= 0.6 is 27.7 Å². The fourth-order valence-electron chi connectivity index (χ4n) is 1.52. The van der Waals surface area contributed by atoms with Crippen LogP contribution in [0.1, 0.15) is 19.4 Å². The van der Waals surface area contributed by atoms with Gasteiger partial charge >= 0.3 is 0 Å². The molecule has 0 aliphatic carbocycles. The molecule has 1 aliphatic heterocycles. The summed E-state index contributed by atoms with van der Waals surface area (Å²) in [7, 11) is 0. The van der Waals surface area contributed by atoms with Gasteiger partial charge in [-0.05, 0) is 48.3 Å². The smallest absolute Gasteiger partial charge is 0.140 e. The molecule has 15 heavy (non-hydrogen) atoms. The Balaban J connectivity index is 2.11. The highest BCUT2D eigenvalue weighted by Crippen LogP contribution is 2.41. The SMILES string of the molecule is Cc1cnc(NC2CSC2(C)C)c(Br)c1. The van der Waals surface area contributed by atoms with Gasteiger partial charge in [-0.3, -0.25) is 0 Å². The van der Waals surface area contributed by atoms with Gasteiger partial charge in [-0.15, -0.1) is 0 Å². The predicted octanol–water partition coefficient (Wildman–Crippen LogP) is 3.46. The molecule has 1 N–H and O–H groups in total. The Bertz CT molecular complexity index is 379. The highest BCUT2D eigenvalue weighted by atomic mass is 79.9. The molecule has 4 heteroatoms. The molecule has 1 aromatic rings. The van der Waals surface area contributed by atoms with Crippen molar-refractivity contribution in [1.29, 1.82) is 0 Å². The molecule has 2 heterocycles.